The summed E-state index contributed by atoms with van der Waals surface area (Å²) in [6.07, 6.45) is 4.74. The number of methoxy groups -OCH3 is 1. The average molecular weight is 826 g/mol. The van der Waals surface area contributed by atoms with Gasteiger partial charge in [0.25, 0.3) is 5.91 Å². The highest BCUT2D eigenvalue weighted by Gasteiger charge is 2.62. The van der Waals surface area contributed by atoms with Crippen LogP contribution < -0.4 is 29.7 Å². The number of amides is 4. The Balaban J connectivity index is 1.23. The number of hydrogen-bond acceptors (Lipinski definition) is 13. The number of carbonyl (C=O) groups excluding carboxylic acids is 4. The molecule has 1 aromatic heterocycles. The van der Waals surface area contributed by atoms with Gasteiger partial charge >= 0.3 is 6.09 Å². The van der Waals surface area contributed by atoms with Gasteiger partial charge in [-0.05, 0) is 96.1 Å². The van der Waals surface area contributed by atoms with Gasteiger partial charge in [-0.25, -0.2) is 13.2 Å². The first-order valence-electron chi connectivity index (χ1n) is 20.1. The lowest BCUT2D eigenvalue weighted by molar-refractivity contribution is -0.141. The molecular formula is C40H55N7O10S. The number of benzene rings is 1. The Morgan fingerprint density at radius 3 is 2.53 bits per heavy atom. The molecule has 3 N–H and O–H groups in total. The summed E-state index contributed by atoms with van der Waals surface area (Å²) in [6.45, 7) is 8.17. The quantitative estimate of drug-likeness (QED) is 0.328. The highest BCUT2D eigenvalue weighted by molar-refractivity contribution is 7.91. The molecule has 4 fully saturated rings. The number of fused-ring (bicyclic) bond motifs is 3. The van der Waals surface area contributed by atoms with E-state index in [2.05, 4.69) is 20.3 Å². The lowest BCUT2D eigenvalue weighted by Gasteiger charge is -2.32. The number of allylic oxidation sites excluding steroid dienone is 1. The number of morpholine rings is 1. The molecule has 2 aliphatic carbocycles. The molecule has 2 aromatic rings. The van der Waals surface area contributed by atoms with Crippen LogP contribution in [0.4, 0.5) is 10.6 Å². The Bertz CT molecular complexity index is 2050. The second-order valence-electron chi connectivity index (χ2n) is 16.9. The second kappa shape index (κ2) is 16.5. The van der Waals surface area contributed by atoms with Crippen molar-refractivity contribution in [3.8, 4) is 11.6 Å². The summed E-state index contributed by atoms with van der Waals surface area (Å²) in [5.74, 6) is -0.807. The molecule has 0 bridgehead atoms. The number of nitrogens with one attached hydrogen (secondary N) is 3. The molecule has 4 amide bonds. The topological polar surface area (TPSA) is 198 Å². The minimum absolute atomic E-state index is 0.0201. The fourth-order valence-electron chi connectivity index (χ4n) is 7.84. The summed E-state index contributed by atoms with van der Waals surface area (Å²) < 4.78 is 51.4. The van der Waals surface area contributed by atoms with Gasteiger partial charge in [0, 0.05) is 37.4 Å². The van der Waals surface area contributed by atoms with Crippen LogP contribution in [-0.2, 0) is 33.9 Å². The minimum Gasteiger partial charge on any atom is -0.497 e. The molecule has 2 saturated heterocycles. The largest absolute Gasteiger partial charge is 0.497 e. The van der Waals surface area contributed by atoms with Gasteiger partial charge in [0.15, 0.2) is 0 Å². The number of pyridine rings is 1. The maximum atomic E-state index is 14.7. The van der Waals surface area contributed by atoms with Crippen molar-refractivity contribution in [3.63, 3.8) is 0 Å². The number of aromatic nitrogens is 1. The summed E-state index contributed by atoms with van der Waals surface area (Å²) >= 11 is 0. The number of carbonyl (C=O) groups is 4. The van der Waals surface area contributed by atoms with Crippen LogP contribution in [0.15, 0.2) is 36.4 Å². The van der Waals surface area contributed by atoms with Crippen LogP contribution in [0.3, 0.4) is 0 Å². The van der Waals surface area contributed by atoms with E-state index in [1.54, 1.807) is 33.9 Å². The normalized spacial score (nSPS) is 27.4. The molecule has 2 saturated carbocycles. The minimum atomic E-state index is -3.91. The van der Waals surface area contributed by atoms with Crippen molar-refractivity contribution in [3.05, 3.63) is 36.4 Å². The van der Waals surface area contributed by atoms with Crippen molar-refractivity contribution in [1.29, 1.82) is 0 Å². The third-order valence-corrected chi connectivity index (χ3v) is 13.0. The van der Waals surface area contributed by atoms with Crippen LogP contribution in [0, 0.1) is 5.92 Å². The smallest absolute Gasteiger partial charge is 0.408 e. The number of alkyl carbamates (subject to hydrolysis) is 1. The highest BCUT2D eigenvalue weighted by atomic mass is 32.2. The zero-order chi connectivity index (χ0) is 41.4. The van der Waals surface area contributed by atoms with E-state index in [-0.39, 0.29) is 25.9 Å². The first kappa shape index (κ1) is 41.5. The van der Waals surface area contributed by atoms with E-state index < -0.39 is 74.3 Å². The molecule has 3 aliphatic heterocycles. The Kier molecular flexibility index (Phi) is 11.8. The predicted octanol–water partition coefficient (Wildman–Crippen LogP) is 2.09. The van der Waals surface area contributed by atoms with Crippen LogP contribution >= 0.6 is 0 Å². The maximum Gasteiger partial charge on any atom is 0.408 e. The highest BCUT2D eigenvalue weighted by Crippen LogP contribution is 2.46. The summed E-state index contributed by atoms with van der Waals surface area (Å²) in [6, 6.07) is 5.24. The van der Waals surface area contributed by atoms with E-state index in [0.29, 0.717) is 81.4 Å². The van der Waals surface area contributed by atoms with Crippen LogP contribution in [-0.4, -0.2) is 142 Å². The van der Waals surface area contributed by atoms with Crippen molar-refractivity contribution in [2.45, 2.75) is 93.9 Å². The fraction of sp³-hybridized carbons (Fsp3) is 0.625. The SMILES string of the molecule is COc1ccc2c(OC3C[C@H]4C(=O)N[C@]5(C(=O)NS(=O)(=O)C6CC6)C[C@H]5C=CCCCN(C)C[C@H](NC(=O)OC(C)(C)C)C(=O)N4C3)nc(N3CCOCC3)cc2c1. The Morgan fingerprint density at radius 1 is 1.07 bits per heavy atom. The lowest BCUT2D eigenvalue weighted by atomic mass is 10.1. The third kappa shape index (κ3) is 9.44. The van der Waals surface area contributed by atoms with Gasteiger partial charge in [0.1, 0.15) is 40.9 Å². The second-order valence-corrected chi connectivity index (χ2v) is 18.9. The van der Waals surface area contributed by atoms with Crippen molar-refractivity contribution < 1.29 is 46.5 Å². The monoisotopic (exact) mass is 825 g/mol. The van der Waals surface area contributed by atoms with Gasteiger partial charge in [0.05, 0.1) is 32.1 Å². The van der Waals surface area contributed by atoms with Gasteiger partial charge in [-0.15, -0.1) is 0 Å². The van der Waals surface area contributed by atoms with Crippen molar-refractivity contribution in [2.75, 3.05) is 65.0 Å². The first-order valence-corrected chi connectivity index (χ1v) is 21.6. The molecule has 7 rings (SSSR count). The molecule has 1 aromatic carbocycles. The molecular weight excluding hydrogens is 771 g/mol. The molecule has 5 atom stereocenters. The molecule has 0 spiro atoms. The van der Waals surface area contributed by atoms with Gasteiger partial charge in [0.2, 0.25) is 27.7 Å². The van der Waals surface area contributed by atoms with Crippen LogP contribution in [0.1, 0.15) is 59.3 Å². The first-order chi connectivity index (χ1) is 27.5. The van der Waals surface area contributed by atoms with Crippen molar-refractivity contribution >= 4 is 50.4 Å². The van der Waals surface area contributed by atoms with Gasteiger partial charge in [-0.2, -0.15) is 4.98 Å². The Labute approximate surface area is 339 Å². The number of ether oxygens (including phenoxy) is 4. The third-order valence-electron chi connectivity index (χ3n) is 11.2. The van der Waals surface area contributed by atoms with Crippen LogP contribution in [0.5, 0.6) is 11.6 Å². The number of sulfonamides is 1. The number of likely N-dealkylation sites (N-methyl/N-ethyl adjacent to an activating group) is 1. The molecule has 0 radical (unpaired) electrons. The number of nitrogens with zero attached hydrogens (tertiary/aromatic N) is 4. The zero-order valence-corrected chi connectivity index (χ0v) is 34.6. The molecule has 18 heteroatoms. The van der Waals surface area contributed by atoms with Crippen LogP contribution in [0.25, 0.3) is 10.8 Å². The fourth-order valence-corrected chi connectivity index (χ4v) is 9.20. The molecule has 316 valence electrons. The summed E-state index contributed by atoms with van der Waals surface area (Å²) in [5, 5.41) is 6.53. The summed E-state index contributed by atoms with van der Waals surface area (Å²) in [5.41, 5.74) is -2.37. The number of anilines is 1. The molecule has 5 aliphatic rings. The molecule has 58 heavy (non-hydrogen) atoms. The number of hydrogen-bond donors (Lipinski definition) is 3. The maximum absolute atomic E-state index is 14.7. The molecule has 17 nitrogen and oxygen atoms in total. The lowest BCUT2D eigenvalue weighted by Crippen LogP contribution is -2.59. The van der Waals surface area contributed by atoms with Crippen molar-refractivity contribution in [1.82, 2.24) is 30.1 Å². The molecule has 4 heterocycles. The van der Waals surface area contributed by atoms with E-state index in [4.69, 9.17) is 23.9 Å². The Hall–Kier alpha value is -4.68. The number of rotatable bonds is 8. The van der Waals surface area contributed by atoms with E-state index in [0.717, 1.165) is 5.39 Å². The molecule has 1 unspecified atom stereocenters. The standard InChI is InChI=1S/C40H55N7O10S/c1-39(2,3)57-38(51)41-31-24-45(4)14-8-6-7-9-26-22-40(26,37(50)44-58(52,53)29-11-12-29)43-34(48)32-21-28(23-47(32)36(31)49)56-35-30-13-10-27(54-5)19-25(30)20-33(42-35)46-15-17-55-18-16-46/h7,9-10,13,19-20,26,28-29,31-32H,6,8,11-12,14-18,21-24H2,1-5H3,(H,41,51)(H,43,48)(H,44,50)/t26-,28?,31+,32+,40-/m1/s1. The van der Waals surface area contributed by atoms with Gasteiger partial charge in [-0.3, -0.25) is 19.1 Å². The summed E-state index contributed by atoms with van der Waals surface area (Å²) in [4.78, 5) is 66.7. The average Bonchev–Trinajstić information content (AvgIpc) is 4.10. The zero-order valence-electron chi connectivity index (χ0n) is 33.8. The van der Waals surface area contributed by atoms with Crippen LogP contribution in [0.2, 0.25) is 0 Å². The van der Waals surface area contributed by atoms with E-state index >= 15 is 0 Å². The van der Waals surface area contributed by atoms with Gasteiger partial charge in [-0.1, -0.05) is 12.2 Å². The van der Waals surface area contributed by atoms with Gasteiger partial charge < -0.3 is 44.3 Å². The van der Waals surface area contributed by atoms with E-state index in [1.807, 2.05) is 42.3 Å². The summed E-state index contributed by atoms with van der Waals surface area (Å²) in [7, 11) is -0.475. The van der Waals surface area contributed by atoms with E-state index in [1.165, 1.54) is 4.90 Å². The van der Waals surface area contributed by atoms with E-state index in [9.17, 15) is 27.6 Å². The Morgan fingerprint density at radius 2 is 1.83 bits per heavy atom. The predicted molar refractivity (Wildman–Crippen MR) is 214 cm³/mol. The van der Waals surface area contributed by atoms with Crippen molar-refractivity contribution in [2.24, 2.45) is 5.92 Å².